The number of carbonyl (C=O) groups is 2. The van der Waals surface area contributed by atoms with Crippen molar-refractivity contribution in [2.24, 2.45) is 5.41 Å². The number of nitrogens with zero attached hydrogens (tertiary/aromatic N) is 4. The number of aliphatic hydroxyl groups excluding tert-OH is 1. The quantitative estimate of drug-likeness (QED) is 0.434. The predicted octanol–water partition coefficient (Wildman–Crippen LogP) is 2.91. The van der Waals surface area contributed by atoms with Crippen LogP contribution in [-0.4, -0.2) is 51.5 Å². The van der Waals surface area contributed by atoms with Gasteiger partial charge < -0.3 is 15.3 Å². The second-order valence-electron chi connectivity index (χ2n) is 9.50. The average Bonchev–Trinajstić information content (AvgIpc) is 3.30. The van der Waals surface area contributed by atoms with Crippen LogP contribution < -0.4 is 10.2 Å². The first kappa shape index (κ1) is 25.1. The molecule has 0 radical (unpaired) electrons. The van der Waals surface area contributed by atoms with Crippen molar-refractivity contribution in [1.29, 1.82) is 0 Å². The summed E-state index contributed by atoms with van der Waals surface area (Å²) in [4.78, 5) is 31.2. The molecule has 0 fully saturated rings. The van der Waals surface area contributed by atoms with Gasteiger partial charge in [-0.05, 0) is 56.0 Å². The minimum absolute atomic E-state index is 0.0528. The Morgan fingerprint density at radius 2 is 2.14 bits per heavy atom. The highest BCUT2D eigenvalue weighted by atomic mass is 19.1. The summed E-state index contributed by atoms with van der Waals surface area (Å²) in [7, 11) is 1.68. The Morgan fingerprint density at radius 1 is 1.33 bits per heavy atom. The van der Waals surface area contributed by atoms with Gasteiger partial charge in [0.15, 0.2) is 0 Å². The van der Waals surface area contributed by atoms with E-state index in [-0.39, 0.29) is 18.9 Å². The van der Waals surface area contributed by atoms with Crippen LogP contribution in [0.25, 0.3) is 0 Å². The summed E-state index contributed by atoms with van der Waals surface area (Å²) in [6, 6.07) is 7.69. The van der Waals surface area contributed by atoms with Crippen molar-refractivity contribution in [3.8, 4) is 11.8 Å². The van der Waals surface area contributed by atoms with Crippen LogP contribution in [-0.2, 0) is 17.6 Å². The second kappa shape index (κ2) is 10.3. The van der Waals surface area contributed by atoms with Gasteiger partial charge in [-0.2, -0.15) is 14.2 Å². The Balaban J connectivity index is 1.46. The van der Waals surface area contributed by atoms with Gasteiger partial charge in [-0.15, -0.1) is 0 Å². The normalized spacial score (nSPS) is 15.5. The number of aliphatic hydroxyl groups is 1. The van der Waals surface area contributed by atoms with Crippen molar-refractivity contribution < 1.29 is 19.1 Å². The zero-order valence-electron chi connectivity index (χ0n) is 20.5. The van der Waals surface area contributed by atoms with Gasteiger partial charge in [0.25, 0.3) is 0 Å². The van der Waals surface area contributed by atoms with Crippen molar-refractivity contribution in [2.75, 3.05) is 18.6 Å². The Kier molecular flexibility index (Phi) is 7.17. The third kappa shape index (κ3) is 5.61. The molecule has 0 spiro atoms. The Bertz CT molecular complexity index is 1350. The maximum Gasteiger partial charge on any atom is 0.342 e. The lowest BCUT2D eigenvalue weighted by Crippen LogP contribution is -2.48. The summed E-state index contributed by atoms with van der Waals surface area (Å²) in [6.45, 7) is 3.65. The molecule has 0 unspecified atom stereocenters. The number of likely N-dealkylation sites (N-methyl/N-ethyl adjacent to an activating group) is 1. The number of halogens is 1. The topological polar surface area (TPSA) is 100 Å². The maximum atomic E-state index is 13.8. The molecule has 0 aliphatic carbocycles. The molecule has 8 nitrogen and oxygen atoms in total. The summed E-state index contributed by atoms with van der Waals surface area (Å²) in [5.74, 6) is 5.32. The fraction of sp³-hybridized carbons (Fsp3) is 0.333. The number of benzene rings is 1. The average molecular weight is 490 g/mol. The number of fused-ring (bicyclic) bond motifs is 1. The van der Waals surface area contributed by atoms with Crippen molar-refractivity contribution in [1.82, 2.24) is 20.1 Å². The van der Waals surface area contributed by atoms with Crippen LogP contribution in [0.3, 0.4) is 0 Å². The van der Waals surface area contributed by atoms with Crippen LogP contribution >= 0.6 is 0 Å². The zero-order valence-corrected chi connectivity index (χ0v) is 20.5. The fourth-order valence-electron chi connectivity index (χ4n) is 3.90. The highest BCUT2D eigenvalue weighted by Crippen LogP contribution is 2.27. The number of hydrogen-bond acceptors (Lipinski definition) is 5. The van der Waals surface area contributed by atoms with E-state index in [4.69, 9.17) is 0 Å². The number of rotatable bonds is 4. The van der Waals surface area contributed by atoms with E-state index >= 15 is 0 Å². The standard InChI is InChI=1S/C27H28FN5O3/c1-27(2,17-34)11-10-18-6-7-20-8-9-22(25(35)32(3)23(20)14-18)31-26(36)33-16-19(15-30-33)13-21-5-4-12-29-24(21)28/h4-7,12,14-16,22,34H,8-9,13,17H2,1-3H3,(H,31,36)/t22-/m1/s1. The number of hydrogen-bond donors (Lipinski definition) is 2. The molecule has 4 rings (SSSR count). The number of pyridine rings is 1. The van der Waals surface area contributed by atoms with Gasteiger partial charge in [0.2, 0.25) is 11.9 Å². The number of aromatic nitrogens is 3. The molecule has 2 N–H and O–H groups in total. The van der Waals surface area contributed by atoms with Crippen molar-refractivity contribution >= 4 is 17.6 Å². The molecule has 1 aliphatic rings. The third-order valence-electron chi connectivity index (χ3n) is 6.09. The minimum atomic E-state index is -0.735. The van der Waals surface area contributed by atoms with Gasteiger partial charge in [0.1, 0.15) is 6.04 Å². The molecule has 36 heavy (non-hydrogen) atoms. The smallest absolute Gasteiger partial charge is 0.342 e. The Hall–Kier alpha value is -4.03. The van der Waals surface area contributed by atoms with Crippen LogP contribution in [0.2, 0.25) is 0 Å². The Labute approximate surface area is 209 Å². The van der Waals surface area contributed by atoms with Crippen LogP contribution in [0.1, 0.15) is 42.5 Å². The molecule has 0 saturated heterocycles. The molecule has 3 aromatic rings. The highest BCUT2D eigenvalue weighted by Gasteiger charge is 2.30. The van der Waals surface area contributed by atoms with E-state index in [1.54, 1.807) is 19.2 Å². The maximum absolute atomic E-state index is 13.8. The molecule has 2 aromatic heterocycles. The lowest BCUT2D eigenvalue weighted by molar-refractivity contribution is -0.120. The summed E-state index contributed by atoms with van der Waals surface area (Å²) >= 11 is 0. The van der Waals surface area contributed by atoms with Crippen molar-refractivity contribution in [3.63, 3.8) is 0 Å². The van der Waals surface area contributed by atoms with Gasteiger partial charge in [-0.3, -0.25) is 4.79 Å². The van der Waals surface area contributed by atoms with E-state index in [2.05, 4.69) is 27.2 Å². The van der Waals surface area contributed by atoms with Crippen LogP contribution in [0.4, 0.5) is 14.9 Å². The van der Waals surface area contributed by atoms with Crippen LogP contribution in [0, 0.1) is 23.2 Å². The summed E-state index contributed by atoms with van der Waals surface area (Å²) in [6.07, 6.45) is 5.65. The van der Waals surface area contributed by atoms with E-state index in [1.165, 1.54) is 23.5 Å². The fourth-order valence-corrected chi connectivity index (χ4v) is 3.90. The first-order valence-corrected chi connectivity index (χ1v) is 11.7. The number of nitrogens with one attached hydrogen (secondary N) is 1. The van der Waals surface area contributed by atoms with E-state index in [9.17, 15) is 19.1 Å². The molecule has 1 atom stereocenters. The van der Waals surface area contributed by atoms with Gasteiger partial charge in [-0.1, -0.05) is 24.0 Å². The van der Waals surface area contributed by atoms with E-state index < -0.39 is 23.4 Å². The first-order chi connectivity index (χ1) is 17.2. The molecule has 0 bridgehead atoms. The SMILES string of the molecule is CN1C(=O)[C@H](NC(=O)n2cc(Cc3cccnc3F)cn2)CCc2ccc(C#CC(C)(C)CO)cc21. The molecule has 1 aliphatic heterocycles. The lowest BCUT2D eigenvalue weighted by Gasteiger charge is -2.22. The minimum Gasteiger partial charge on any atom is -0.395 e. The van der Waals surface area contributed by atoms with E-state index in [0.717, 1.165) is 21.5 Å². The van der Waals surface area contributed by atoms with Gasteiger partial charge in [0, 0.05) is 48.1 Å². The molecule has 9 heteroatoms. The first-order valence-electron chi connectivity index (χ1n) is 11.7. The van der Waals surface area contributed by atoms with Crippen molar-refractivity contribution in [2.45, 2.75) is 39.2 Å². The van der Waals surface area contributed by atoms with E-state index in [1.807, 2.05) is 32.0 Å². The molecular formula is C27H28FN5O3. The van der Waals surface area contributed by atoms with Gasteiger partial charge >= 0.3 is 6.03 Å². The van der Waals surface area contributed by atoms with Crippen LogP contribution in [0.5, 0.6) is 0 Å². The molecule has 1 aromatic carbocycles. The Morgan fingerprint density at radius 3 is 2.89 bits per heavy atom. The number of carbonyl (C=O) groups excluding carboxylic acids is 2. The summed E-state index contributed by atoms with van der Waals surface area (Å²) < 4.78 is 15.0. The largest absolute Gasteiger partial charge is 0.395 e. The third-order valence-corrected chi connectivity index (χ3v) is 6.09. The number of anilines is 1. The number of aryl methyl sites for hydroxylation is 1. The molecule has 0 saturated carbocycles. The monoisotopic (exact) mass is 489 g/mol. The highest BCUT2D eigenvalue weighted by molar-refractivity contribution is 6.00. The van der Waals surface area contributed by atoms with E-state index in [0.29, 0.717) is 24.0 Å². The second-order valence-corrected chi connectivity index (χ2v) is 9.50. The number of amides is 2. The summed E-state index contributed by atoms with van der Waals surface area (Å²) in [5.41, 5.74) is 2.99. The zero-order chi connectivity index (χ0) is 25.9. The van der Waals surface area contributed by atoms with Gasteiger partial charge in [-0.25, -0.2) is 9.78 Å². The van der Waals surface area contributed by atoms with Crippen LogP contribution in [0.15, 0.2) is 48.9 Å². The molecule has 186 valence electrons. The molecule has 3 heterocycles. The lowest BCUT2D eigenvalue weighted by atomic mass is 9.95. The van der Waals surface area contributed by atoms with Crippen molar-refractivity contribution in [3.05, 3.63) is 77.1 Å². The predicted molar refractivity (Wildman–Crippen MR) is 133 cm³/mol. The van der Waals surface area contributed by atoms with Gasteiger partial charge in [0.05, 0.1) is 12.8 Å². The summed E-state index contributed by atoms with van der Waals surface area (Å²) in [5, 5.41) is 16.3. The molecular weight excluding hydrogens is 461 g/mol. The molecule has 2 amide bonds.